The number of hydrogen-bond donors (Lipinski definition) is 2. The molecule has 0 aliphatic heterocycles. The molecule has 1 heterocycles. The number of H-pyrrole nitrogens is 1. The Hall–Kier alpha value is -1.66. The second-order valence-corrected chi connectivity index (χ2v) is 4.66. The molecule has 1 amide bonds. The van der Waals surface area contributed by atoms with Gasteiger partial charge < -0.3 is 5.32 Å². The van der Waals surface area contributed by atoms with Crippen LogP contribution in [0.3, 0.4) is 0 Å². The predicted molar refractivity (Wildman–Crippen MR) is 71.3 cm³/mol. The lowest BCUT2D eigenvalue weighted by atomic mass is 10.2. The molecule has 0 saturated heterocycles. The summed E-state index contributed by atoms with van der Waals surface area (Å²) in [6, 6.07) is 4.77. The molecule has 0 aliphatic rings. The van der Waals surface area contributed by atoms with Crippen LogP contribution < -0.4 is 5.32 Å². The lowest BCUT2D eigenvalue weighted by molar-refractivity contribution is 0.0953. The molecule has 19 heavy (non-hydrogen) atoms. The van der Waals surface area contributed by atoms with Gasteiger partial charge in [-0.2, -0.15) is 5.21 Å². The topological polar surface area (TPSA) is 83.6 Å². The number of carbonyl (C=O) groups excluding carboxylic acids is 1. The maximum Gasteiger partial charge on any atom is 0.252 e. The van der Waals surface area contributed by atoms with Gasteiger partial charge in [0.15, 0.2) is 5.82 Å². The Balaban J connectivity index is 1.82. The third kappa shape index (κ3) is 3.90. The number of aryl methyl sites for hydroxylation is 1. The van der Waals surface area contributed by atoms with E-state index in [9.17, 15) is 4.79 Å². The predicted octanol–water partition coefficient (Wildman–Crippen LogP) is 1.87. The number of nitrogens with zero attached hydrogens (tertiary/aromatic N) is 3. The van der Waals surface area contributed by atoms with Gasteiger partial charge in [-0.05, 0) is 24.6 Å². The molecule has 100 valence electrons. The highest BCUT2D eigenvalue weighted by atomic mass is 35.5. The summed E-state index contributed by atoms with van der Waals surface area (Å²) in [5, 5.41) is 17.1. The number of rotatable bonds is 5. The second-order valence-electron chi connectivity index (χ2n) is 3.81. The molecule has 8 heteroatoms. The molecule has 0 unspecified atom stereocenters. The largest absolute Gasteiger partial charge is 0.352 e. The van der Waals surface area contributed by atoms with Crippen LogP contribution in [0.5, 0.6) is 0 Å². The zero-order valence-corrected chi connectivity index (χ0v) is 11.4. The van der Waals surface area contributed by atoms with Crippen LogP contribution in [0, 0.1) is 0 Å². The normalized spacial score (nSPS) is 10.4. The Bertz CT molecular complexity index is 558. The maximum absolute atomic E-state index is 11.9. The number of carbonyl (C=O) groups is 1. The molecule has 2 aromatic rings. The molecule has 0 aliphatic carbocycles. The Kier molecular flexibility index (Phi) is 4.70. The molecule has 1 aromatic carbocycles. The molecule has 0 fully saturated rings. The van der Waals surface area contributed by atoms with Crippen LogP contribution in [0.2, 0.25) is 10.0 Å². The van der Waals surface area contributed by atoms with Gasteiger partial charge in [0.05, 0.1) is 10.6 Å². The number of halogens is 2. The van der Waals surface area contributed by atoms with Gasteiger partial charge in [-0.3, -0.25) is 4.79 Å². The summed E-state index contributed by atoms with van der Waals surface area (Å²) in [4.78, 5) is 11.9. The Morgan fingerprint density at radius 1 is 1.37 bits per heavy atom. The third-order valence-corrected chi connectivity index (χ3v) is 2.99. The lowest BCUT2D eigenvalue weighted by Gasteiger charge is -2.06. The minimum absolute atomic E-state index is 0.249. The average Bonchev–Trinajstić information content (AvgIpc) is 2.90. The zero-order valence-electron chi connectivity index (χ0n) is 9.86. The van der Waals surface area contributed by atoms with Gasteiger partial charge in [0, 0.05) is 18.0 Å². The first-order valence-corrected chi connectivity index (χ1v) is 6.38. The fraction of sp³-hybridized carbons (Fsp3) is 0.273. The summed E-state index contributed by atoms with van der Waals surface area (Å²) >= 11 is 11.8. The van der Waals surface area contributed by atoms with Crippen molar-refractivity contribution in [3.05, 3.63) is 39.6 Å². The van der Waals surface area contributed by atoms with Crippen molar-refractivity contribution >= 4 is 29.1 Å². The molecular formula is C11H11Cl2N5O. The van der Waals surface area contributed by atoms with Crippen LogP contribution in [0.4, 0.5) is 0 Å². The van der Waals surface area contributed by atoms with E-state index in [2.05, 4.69) is 25.9 Å². The van der Waals surface area contributed by atoms with Crippen LogP contribution in [0.15, 0.2) is 18.2 Å². The highest BCUT2D eigenvalue weighted by molar-refractivity contribution is 6.35. The van der Waals surface area contributed by atoms with Gasteiger partial charge >= 0.3 is 0 Å². The summed E-state index contributed by atoms with van der Waals surface area (Å²) in [5.74, 6) is 0.371. The molecule has 0 spiro atoms. The number of nitrogens with one attached hydrogen (secondary N) is 2. The molecule has 2 N–H and O–H groups in total. The quantitative estimate of drug-likeness (QED) is 0.826. The fourth-order valence-electron chi connectivity index (χ4n) is 1.50. The second kappa shape index (κ2) is 6.49. The molecule has 0 radical (unpaired) electrons. The monoisotopic (exact) mass is 299 g/mol. The molecule has 2 rings (SSSR count). The highest BCUT2D eigenvalue weighted by Crippen LogP contribution is 2.20. The van der Waals surface area contributed by atoms with Gasteiger partial charge in [-0.1, -0.05) is 28.4 Å². The molecule has 0 saturated carbocycles. The van der Waals surface area contributed by atoms with Gasteiger partial charge in [0.25, 0.3) is 5.91 Å². The summed E-state index contributed by atoms with van der Waals surface area (Å²) < 4.78 is 0. The Morgan fingerprint density at radius 2 is 2.21 bits per heavy atom. The first-order valence-electron chi connectivity index (χ1n) is 5.62. The number of tetrazole rings is 1. The minimum atomic E-state index is -0.249. The zero-order chi connectivity index (χ0) is 13.7. The SMILES string of the molecule is O=C(NCCCc1nn[nH]n1)c1cc(Cl)ccc1Cl. The van der Waals surface area contributed by atoms with Gasteiger partial charge in [-0.15, -0.1) is 10.2 Å². The summed E-state index contributed by atoms with van der Waals surface area (Å²) in [6.45, 7) is 0.496. The van der Waals surface area contributed by atoms with Crippen molar-refractivity contribution in [2.24, 2.45) is 0 Å². The molecule has 1 aromatic heterocycles. The number of benzene rings is 1. The van der Waals surface area contributed by atoms with Gasteiger partial charge in [0.1, 0.15) is 0 Å². The molecule has 0 atom stereocenters. The molecule has 0 bridgehead atoms. The van der Waals surface area contributed by atoms with Crippen LogP contribution in [0.1, 0.15) is 22.6 Å². The number of amides is 1. The van der Waals surface area contributed by atoms with E-state index in [0.717, 1.165) is 0 Å². The standard InChI is InChI=1S/C11H11Cl2N5O/c12-7-3-4-9(13)8(6-7)11(19)14-5-1-2-10-15-17-18-16-10/h3-4,6H,1-2,5H2,(H,14,19)(H,15,16,17,18). The van der Waals surface area contributed by atoms with E-state index >= 15 is 0 Å². The van der Waals surface area contributed by atoms with E-state index in [1.807, 2.05) is 0 Å². The first-order chi connectivity index (χ1) is 9.16. The molecular weight excluding hydrogens is 289 g/mol. The van der Waals surface area contributed by atoms with E-state index in [0.29, 0.717) is 40.8 Å². The Morgan fingerprint density at radius 3 is 2.95 bits per heavy atom. The third-order valence-electron chi connectivity index (χ3n) is 2.42. The highest BCUT2D eigenvalue weighted by Gasteiger charge is 2.10. The van der Waals surface area contributed by atoms with Crippen LogP contribution >= 0.6 is 23.2 Å². The summed E-state index contributed by atoms with van der Waals surface area (Å²) in [5.41, 5.74) is 0.369. The number of aromatic amines is 1. The van der Waals surface area contributed by atoms with Crippen molar-refractivity contribution in [2.45, 2.75) is 12.8 Å². The van der Waals surface area contributed by atoms with Crippen molar-refractivity contribution in [3.63, 3.8) is 0 Å². The number of aromatic nitrogens is 4. The van der Waals surface area contributed by atoms with Gasteiger partial charge in [0.2, 0.25) is 0 Å². The van der Waals surface area contributed by atoms with E-state index in [-0.39, 0.29) is 5.91 Å². The van der Waals surface area contributed by atoms with Gasteiger partial charge in [-0.25, -0.2) is 0 Å². The van der Waals surface area contributed by atoms with Crippen molar-refractivity contribution < 1.29 is 4.79 Å². The minimum Gasteiger partial charge on any atom is -0.352 e. The first kappa shape index (κ1) is 13.8. The van der Waals surface area contributed by atoms with Crippen molar-refractivity contribution in [1.29, 1.82) is 0 Å². The van der Waals surface area contributed by atoms with E-state index in [1.165, 1.54) is 0 Å². The van der Waals surface area contributed by atoms with Crippen molar-refractivity contribution in [2.75, 3.05) is 6.54 Å². The van der Waals surface area contributed by atoms with E-state index in [4.69, 9.17) is 23.2 Å². The number of hydrogen-bond acceptors (Lipinski definition) is 4. The summed E-state index contributed by atoms with van der Waals surface area (Å²) in [6.07, 6.45) is 1.35. The average molecular weight is 300 g/mol. The van der Waals surface area contributed by atoms with Crippen molar-refractivity contribution in [3.8, 4) is 0 Å². The smallest absolute Gasteiger partial charge is 0.252 e. The van der Waals surface area contributed by atoms with Crippen molar-refractivity contribution in [1.82, 2.24) is 25.9 Å². The Labute approximate surface area is 119 Å². The van der Waals surface area contributed by atoms with Crippen LogP contribution in [0.25, 0.3) is 0 Å². The van der Waals surface area contributed by atoms with E-state index < -0.39 is 0 Å². The maximum atomic E-state index is 11.9. The van der Waals surface area contributed by atoms with Crippen LogP contribution in [-0.2, 0) is 6.42 Å². The lowest BCUT2D eigenvalue weighted by Crippen LogP contribution is -2.25. The van der Waals surface area contributed by atoms with Crippen LogP contribution in [-0.4, -0.2) is 33.1 Å². The molecule has 6 nitrogen and oxygen atoms in total. The summed E-state index contributed by atoms with van der Waals surface area (Å²) in [7, 11) is 0. The fourth-order valence-corrected chi connectivity index (χ4v) is 1.88. The van der Waals surface area contributed by atoms with E-state index in [1.54, 1.807) is 18.2 Å².